The van der Waals surface area contributed by atoms with Gasteiger partial charge in [0.2, 0.25) is 5.95 Å². The molecule has 0 bridgehead atoms. The first-order chi connectivity index (χ1) is 12.6. The monoisotopic (exact) mass is 388 g/mol. The van der Waals surface area contributed by atoms with Gasteiger partial charge in [0.05, 0.1) is 15.9 Å². The second-order valence-corrected chi connectivity index (χ2v) is 8.82. The number of hydrogen-bond donors (Lipinski definition) is 2. The molecule has 0 amide bonds. The van der Waals surface area contributed by atoms with Crippen molar-refractivity contribution in [2.75, 3.05) is 24.7 Å². The van der Waals surface area contributed by atoms with Crippen LogP contribution in [0.1, 0.15) is 31.4 Å². The lowest BCUT2D eigenvalue weighted by molar-refractivity contribution is 0.221. The number of hydrogen-bond acceptors (Lipinski definition) is 8. The molecule has 1 aliphatic carbocycles. The van der Waals surface area contributed by atoms with E-state index < -0.39 is 0 Å². The number of anilines is 3. The van der Waals surface area contributed by atoms with Crippen molar-refractivity contribution < 1.29 is 0 Å². The Morgan fingerprint density at radius 3 is 2.65 bits per heavy atom. The Balaban J connectivity index is 1.53. The van der Waals surface area contributed by atoms with Crippen LogP contribution >= 0.6 is 22.9 Å². The van der Waals surface area contributed by atoms with Crippen LogP contribution in [0.4, 0.5) is 16.8 Å². The Morgan fingerprint density at radius 1 is 1.15 bits per heavy atom. The van der Waals surface area contributed by atoms with Crippen molar-refractivity contribution in [1.29, 1.82) is 0 Å². The van der Waals surface area contributed by atoms with Crippen LogP contribution in [0.2, 0.25) is 0 Å². The van der Waals surface area contributed by atoms with Crippen LogP contribution in [0, 0.1) is 6.92 Å². The van der Waals surface area contributed by atoms with Crippen molar-refractivity contribution >= 4 is 49.9 Å². The maximum atomic E-state index is 4.77. The van der Waals surface area contributed by atoms with Gasteiger partial charge in [0.1, 0.15) is 10.8 Å². The summed E-state index contributed by atoms with van der Waals surface area (Å²) in [5, 5.41) is 10.0. The van der Waals surface area contributed by atoms with Gasteiger partial charge in [0.25, 0.3) is 0 Å². The number of aryl methyl sites for hydroxylation is 1. The van der Waals surface area contributed by atoms with E-state index in [0.717, 1.165) is 26.7 Å². The van der Waals surface area contributed by atoms with E-state index in [4.69, 9.17) is 4.98 Å². The first kappa shape index (κ1) is 17.6. The summed E-state index contributed by atoms with van der Waals surface area (Å²) in [5.41, 5.74) is 1.99. The Morgan fingerprint density at radius 2 is 1.96 bits per heavy atom. The number of thiophene rings is 1. The summed E-state index contributed by atoms with van der Waals surface area (Å²) in [7, 11) is 4.36. The third-order valence-electron chi connectivity index (χ3n) is 4.93. The molecule has 4 rings (SSSR count). The number of rotatable bonds is 5. The molecule has 2 N–H and O–H groups in total. The Kier molecular flexibility index (Phi) is 5.06. The second kappa shape index (κ2) is 7.46. The summed E-state index contributed by atoms with van der Waals surface area (Å²) in [6, 6.07) is 5.25. The lowest BCUT2D eigenvalue weighted by atomic mass is 9.90. The van der Waals surface area contributed by atoms with Crippen LogP contribution in [0.5, 0.6) is 0 Å². The molecule has 0 aliphatic heterocycles. The van der Waals surface area contributed by atoms with Gasteiger partial charge >= 0.3 is 0 Å². The molecule has 26 heavy (non-hydrogen) atoms. The van der Waals surface area contributed by atoms with Crippen LogP contribution in [0.3, 0.4) is 0 Å². The van der Waals surface area contributed by atoms with Gasteiger partial charge in [-0.15, -0.1) is 11.3 Å². The van der Waals surface area contributed by atoms with E-state index in [1.807, 2.05) is 13.0 Å². The maximum Gasteiger partial charge on any atom is 0.230 e. The van der Waals surface area contributed by atoms with E-state index >= 15 is 0 Å². The highest BCUT2D eigenvalue weighted by Crippen LogP contribution is 2.31. The fraction of sp³-hybridized carbons (Fsp3) is 0.500. The van der Waals surface area contributed by atoms with Crippen LogP contribution in [-0.2, 0) is 0 Å². The predicted octanol–water partition coefficient (Wildman–Crippen LogP) is 4.48. The lowest BCUT2D eigenvalue weighted by Gasteiger charge is -2.33. The quantitative estimate of drug-likeness (QED) is 0.672. The lowest BCUT2D eigenvalue weighted by Crippen LogP contribution is -2.36. The second-order valence-electron chi connectivity index (χ2n) is 7.10. The van der Waals surface area contributed by atoms with Gasteiger partial charge < -0.3 is 15.5 Å². The topological polar surface area (TPSA) is 66.0 Å². The Bertz CT molecular complexity index is 879. The normalized spacial score (nSPS) is 20.6. The average molecular weight is 389 g/mol. The molecule has 0 aromatic carbocycles. The van der Waals surface area contributed by atoms with Gasteiger partial charge in [-0.1, -0.05) is 0 Å². The minimum absolute atomic E-state index is 0.477. The molecular weight excluding hydrogens is 364 g/mol. The number of nitrogens with zero attached hydrogens (tertiary/aromatic N) is 4. The molecule has 0 saturated heterocycles. The summed E-state index contributed by atoms with van der Waals surface area (Å²) in [4.78, 5) is 11.8. The van der Waals surface area contributed by atoms with Crippen molar-refractivity contribution in [3.63, 3.8) is 0 Å². The molecule has 1 fully saturated rings. The molecule has 3 aromatic rings. The van der Waals surface area contributed by atoms with Crippen LogP contribution in [0.25, 0.3) is 10.2 Å². The smallest absolute Gasteiger partial charge is 0.230 e. The van der Waals surface area contributed by atoms with Crippen molar-refractivity contribution in [2.24, 2.45) is 0 Å². The third-order valence-corrected chi connectivity index (χ3v) is 6.64. The summed E-state index contributed by atoms with van der Waals surface area (Å²) < 4.78 is 5.44. The number of fused-ring (bicyclic) bond motifs is 1. The van der Waals surface area contributed by atoms with Gasteiger partial charge in [0, 0.05) is 12.1 Å². The molecule has 138 valence electrons. The van der Waals surface area contributed by atoms with Crippen LogP contribution in [-0.4, -0.2) is 45.4 Å². The summed E-state index contributed by atoms with van der Waals surface area (Å²) in [5.74, 6) is 1.58. The number of nitrogens with one attached hydrogen (secondary N) is 2. The number of aromatic nitrogens is 3. The van der Waals surface area contributed by atoms with Crippen molar-refractivity contribution in [3.05, 3.63) is 23.2 Å². The zero-order chi connectivity index (χ0) is 18.1. The molecule has 3 aromatic heterocycles. The maximum absolute atomic E-state index is 4.77. The molecule has 0 unspecified atom stereocenters. The van der Waals surface area contributed by atoms with E-state index in [1.54, 1.807) is 11.3 Å². The molecular formula is C18H24N6S2. The van der Waals surface area contributed by atoms with E-state index in [0.29, 0.717) is 18.0 Å². The fourth-order valence-corrected chi connectivity index (χ4v) is 4.92. The summed E-state index contributed by atoms with van der Waals surface area (Å²) in [6.07, 6.45) is 4.82. The van der Waals surface area contributed by atoms with Crippen molar-refractivity contribution in [2.45, 2.75) is 44.7 Å². The molecule has 0 radical (unpaired) electrons. The highest BCUT2D eigenvalue weighted by atomic mass is 32.1. The average Bonchev–Trinajstić information content (AvgIpc) is 3.24. The first-order valence-electron chi connectivity index (χ1n) is 8.97. The zero-order valence-electron chi connectivity index (χ0n) is 15.3. The Hall–Kier alpha value is -1.77. The third kappa shape index (κ3) is 3.82. The van der Waals surface area contributed by atoms with E-state index in [-0.39, 0.29) is 0 Å². The first-order valence-corrected chi connectivity index (χ1v) is 10.6. The van der Waals surface area contributed by atoms with Crippen molar-refractivity contribution in [1.82, 2.24) is 19.2 Å². The fourth-order valence-electron chi connectivity index (χ4n) is 3.48. The van der Waals surface area contributed by atoms with Gasteiger partial charge in [-0.25, -0.2) is 4.98 Å². The molecule has 3 heterocycles. The van der Waals surface area contributed by atoms with Crippen LogP contribution < -0.4 is 10.6 Å². The Labute approximate surface area is 161 Å². The highest BCUT2D eigenvalue weighted by Gasteiger charge is 2.23. The molecule has 0 atom stereocenters. The van der Waals surface area contributed by atoms with Gasteiger partial charge in [-0.05, 0) is 75.7 Å². The van der Waals surface area contributed by atoms with E-state index in [2.05, 4.69) is 50.4 Å². The minimum Gasteiger partial charge on any atom is -0.366 e. The van der Waals surface area contributed by atoms with Gasteiger partial charge in [0.15, 0.2) is 0 Å². The predicted molar refractivity (Wildman–Crippen MR) is 111 cm³/mol. The van der Waals surface area contributed by atoms with Crippen molar-refractivity contribution in [3.8, 4) is 0 Å². The molecule has 1 aliphatic rings. The summed E-state index contributed by atoms with van der Waals surface area (Å²) >= 11 is 3.13. The SMILES string of the molecule is Cc1cc(Nc2nc(NC3CCC(N(C)C)CC3)c3sccc3n2)sn1. The van der Waals surface area contributed by atoms with E-state index in [1.165, 1.54) is 37.2 Å². The standard InChI is InChI=1S/C18H24N6S2/c1-11-10-15(26-23-11)21-18-20-14-8-9-25-16(14)17(22-18)19-12-4-6-13(7-5-12)24(2)3/h8-10,12-13H,4-7H2,1-3H3,(H2,19,20,21,22). The molecule has 8 heteroatoms. The zero-order valence-corrected chi connectivity index (χ0v) is 17.0. The largest absolute Gasteiger partial charge is 0.366 e. The molecule has 0 spiro atoms. The molecule has 6 nitrogen and oxygen atoms in total. The van der Waals surface area contributed by atoms with Gasteiger partial charge in [-0.2, -0.15) is 9.36 Å². The van der Waals surface area contributed by atoms with Gasteiger partial charge in [-0.3, -0.25) is 0 Å². The van der Waals surface area contributed by atoms with E-state index in [9.17, 15) is 0 Å². The van der Waals surface area contributed by atoms with Crippen LogP contribution in [0.15, 0.2) is 17.5 Å². The molecule has 1 saturated carbocycles. The minimum atomic E-state index is 0.477. The summed E-state index contributed by atoms with van der Waals surface area (Å²) in [6.45, 7) is 1.99. The highest BCUT2D eigenvalue weighted by molar-refractivity contribution is 7.17.